The van der Waals surface area contributed by atoms with Crippen LogP contribution in [-0.4, -0.2) is 11.0 Å². The number of phenols is 1. The van der Waals surface area contributed by atoms with E-state index >= 15 is 0 Å². The van der Waals surface area contributed by atoms with Crippen LogP contribution in [0.5, 0.6) is 5.75 Å². The molecule has 2 aromatic rings. The Morgan fingerprint density at radius 1 is 1.35 bits per heavy atom. The second-order valence-corrected chi connectivity index (χ2v) is 4.36. The normalized spacial score (nSPS) is 10.3. The lowest BCUT2D eigenvalue weighted by Gasteiger charge is -2.10. The Balaban J connectivity index is 2.26. The number of nitrogens with two attached hydrogens (primary N) is 1. The molecule has 4 nitrogen and oxygen atoms in total. The fourth-order valence-corrected chi connectivity index (χ4v) is 1.93. The minimum absolute atomic E-state index is 0.384. The van der Waals surface area contributed by atoms with Gasteiger partial charge >= 0.3 is 0 Å². The van der Waals surface area contributed by atoms with Gasteiger partial charge in [0.1, 0.15) is 17.1 Å². The summed E-state index contributed by atoms with van der Waals surface area (Å²) in [4.78, 5) is 12.0. The van der Waals surface area contributed by atoms with E-state index in [1.54, 1.807) is 18.2 Å². The van der Waals surface area contributed by atoms with Crippen molar-refractivity contribution >= 4 is 17.3 Å². The molecule has 20 heavy (non-hydrogen) atoms. The number of benzene rings is 2. The Hall–Kier alpha value is -2.56. The molecule has 0 heterocycles. The number of aryl methyl sites for hydroxylation is 1. The molecule has 0 atom stereocenters. The molecule has 0 aliphatic heterocycles. The van der Waals surface area contributed by atoms with Crippen LogP contribution in [0.2, 0.25) is 0 Å². The number of phenolic OH excluding ortho intramolecular Hbond substituents is 1. The van der Waals surface area contributed by atoms with Gasteiger partial charge in [0.05, 0.1) is 0 Å². The first-order valence-corrected chi connectivity index (χ1v) is 6.20. The Labute approximate surface area is 116 Å². The largest absolute Gasteiger partial charge is 0.507 e. The van der Waals surface area contributed by atoms with E-state index in [-0.39, 0.29) is 5.56 Å². The van der Waals surface area contributed by atoms with Gasteiger partial charge in [0, 0.05) is 11.4 Å². The van der Waals surface area contributed by atoms with Crippen LogP contribution in [-0.2, 0) is 6.42 Å². The Morgan fingerprint density at radius 2 is 2.10 bits per heavy atom. The first kappa shape index (κ1) is 13.9. The van der Waals surface area contributed by atoms with E-state index < -0.39 is 17.5 Å². The van der Waals surface area contributed by atoms with Gasteiger partial charge in [0.2, 0.25) is 0 Å². The molecule has 0 saturated heterocycles. The summed E-state index contributed by atoms with van der Waals surface area (Å²) in [7, 11) is 0. The molecule has 0 saturated carbocycles. The number of hydrogen-bond acceptors (Lipinski definition) is 3. The summed E-state index contributed by atoms with van der Waals surface area (Å²) < 4.78 is 13.6. The number of carbonyl (C=O) groups excluding carboxylic acids is 1. The molecule has 0 unspecified atom stereocenters. The number of rotatable bonds is 3. The highest BCUT2D eigenvalue weighted by Gasteiger charge is 2.16. The monoisotopic (exact) mass is 274 g/mol. The molecular weight excluding hydrogens is 259 g/mol. The van der Waals surface area contributed by atoms with Gasteiger partial charge in [-0.25, -0.2) is 4.39 Å². The molecule has 0 fully saturated rings. The van der Waals surface area contributed by atoms with Gasteiger partial charge < -0.3 is 16.2 Å². The predicted octanol–water partition coefficient (Wildman–Crippen LogP) is 2.93. The lowest BCUT2D eigenvalue weighted by molar-refractivity contribution is 0.102. The summed E-state index contributed by atoms with van der Waals surface area (Å²) in [5, 5.41) is 12.1. The van der Waals surface area contributed by atoms with Gasteiger partial charge in [-0.05, 0) is 36.2 Å². The van der Waals surface area contributed by atoms with Gasteiger partial charge in [-0.3, -0.25) is 4.79 Å². The van der Waals surface area contributed by atoms with Crippen molar-refractivity contribution in [1.82, 2.24) is 0 Å². The van der Waals surface area contributed by atoms with Crippen molar-refractivity contribution in [2.75, 3.05) is 11.1 Å². The maximum absolute atomic E-state index is 13.6. The Morgan fingerprint density at radius 3 is 2.70 bits per heavy atom. The van der Waals surface area contributed by atoms with Gasteiger partial charge in [0.15, 0.2) is 0 Å². The van der Waals surface area contributed by atoms with Crippen LogP contribution >= 0.6 is 0 Å². The zero-order chi connectivity index (χ0) is 14.7. The van der Waals surface area contributed by atoms with E-state index in [2.05, 4.69) is 5.32 Å². The van der Waals surface area contributed by atoms with Crippen molar-refractivity contribution in [3.63, 3.8) is 0 Å². The highest BCUT2D eigenvalue weighted by molar-refractivity contribution is 6.06. The number of carbonyl (C=O) groups is 1. The number of amides is 1. The van der Waals surface area contributed by atoms with E-state index in [9.17, 15) is 14.3 Å². The molecule has 0 bridgehead atoms. The summed E-state index contributed by atoms with van der Waals surface area (Å²) >= 11 is 0. The quantitative estimate of drug-likeness (QED) is 0.753. The van der Waals surface area contributed by atoms with Crippen LogP contribution in [0, 0.1) is 5.82 Å². The van der Waals surface area contributed by atoms with E-state index in [0.717, 1.165) is 18.1 Å². The predicted molar refractivity (Wildman–Crippen MR) is 76.3 cm³/mol. The average molecular weight is 274 g/mol. The summed E-state index contributed by atoms with van der Waals surface area (Å²) in [6, 6.07) is 8.79. The molecule has 0 radical (unpaired) electrons. The molecule has 2 rings (SSSR count). The highest BCUT2D eigenvalue weighted by Crippen LogP contribution is 2.23. The van der Waals surface area contributed by atoms with Gasteiger partial charge in [-0.1, -0.05) is 19.1 Å². The SMILES string of the molecule is CCc1ccc(NC(=O)c2c(O)cccc2F)cc1N. The van der Waals surface area contributed by atoms with Crippen LogP contribution in [0.1, 0.15) is 22.8 Å². The summed E-state index contributed by atoms with van der Waals surface area (Å²) in [5.41, 5.74) is 7.43. The minimum Gasteiger partial charge on any atom is -0.507 e. The molecule has 4 N–H and O–H groups in total. The van der Waals surface area contributed by atoms with Crippen LogP contribution in [0.3, 0.4) is 0 Å². The molecular formula is C15H15FN2O2. The van der Waals surface area contributed by atoms with E-state index in [1.165, 1.54) is 12.1 Å². The lowest BCUT2D eigenvalue weighted by atomic mass is 10.1. The third-order valence-electron chi connectivity index (χ3n) is 3.00. The van der Waals surface area contributed by atoms with Crippen molar-refractivity contribution in [1.29, 1.82) is 0 Å². The standard InChI is InChI=1S/C15H15FN2O2/c1-2-9-6-7-10(8-12(9)17)18-15(20)14-11(16)4-3-5-13(14)19/h3-8,19H,2,17H2,1H3,(H,18,20). The first-order valence-electron chi connectivity index (χ1n) is 6.20. The Kier molecular flexibility index (Phi) is 3.89. The minimum atomic E-state index is -0.777. The van der Waals surface area contributed by atoms with Crippen molar-refractivity contribution in [2.45, 2.75) is 13.3 Å². The van der Waals surface area contributed by atoms with Crippen molar-refractivity contribution < 1.29 is 14.3 Å². The highest BCUT2D eigenvalue weighted by atomic mass is 19.1. The number of aromatic hydroxyl groups is 1. The van der Waals surface area contributed by atoms with Crippen LogP contribution in [0.4, 0.5) is 15.8 Å². The molecule has 5 heteroatoms. The van der Waals surface area contributed by atoms with Crippen molar-refractivity contribution in [3.8, 4) is 5.75 Å². The number of anilines is 2. The number of hydrogen-bond donors (Lipinski definition) is 3. The van der Waals surface area contributed by atoms with E-state index in [4.69, 9.17) is 5.73 Å². The van der Waals surface area contributed by atoms with Gasteiger partial charge in [0.25, 0.3) is 5.91 Å². The summed E-state index contributed by atoms with van der Waals surface area (Å²) in [6.07, 6.45) is 0.786. The zero-order valence-electron chi connectivity index (χ0n) is 11.0. The van der Waals surface area contributed by atoms with E-state index in [0.29, 0.717) is 11.4 Å². The smallest absolute Gasteiger partial charge is 0.262 e. The summed E-state index contributed by atoms with van der Waals surface area (Å²) in [5.74, 6) is -1.90. The topological polar surface area (TPSA) is 75.3 Å². The Bertz CT molecular complexity index is 636. The number of nitrogen functional groups attached to an aromatic ring is 1. The third kappa shape index (κ3) is 2.71. The third-order valence-corrected chi connectivity index (χ3v) is 3.00. The molecule has 0 aliphatic rings. The van der Waals surface area contributed by atoms with Gasteiger partial charge in [-0.15, -0.1) is 0 Å². The zero-order valence-corrected chi connectivity index (χ0v) is 11.0. The maximum Gasteiger partial charge on any atom is 0.262 e. The molecule has 0 aromatic heterocycles. The van der Waals surface area contributed by atoms with Crippen molar-refractivity contribution in [2.24, 2.45) is 0 Å². The average Bonchev–Trinajstić information content (AvgIpc) is 2.38. The van der Waals surface area contributed by atoms with Crippen LogP contribution in [0.25, 0.3) is 0 Å². The lowest BCUT2D eigenvalue weighted by Crippen LogP contribution is -2.14. The molecule has 1 amide bonds. The fourth-order valence-electron chi connectivity index (χ4n) is 1.93. The first-order chi connectivity index (χ1) is 9.52. The second-order valence-electron chi connectivity index (χ2n) is 4.36. The van der Waals surface area contributed by atoms with Crippen LogP contribution in [0.15, 0.2) is 36.4 Å². The number of nitrogens with one attached hydrogen (secondary N) is 1. The fraction of sp³-hybridized carbons (Fsp3) is 0.133. The molecule has 104 valence electrons. The molecule has 0 spiro atoms. The summed E-state index contributed by atoms with van der Waals surface area (Å²) in [6.45, 7) is 1.97. The second kappa shape index (κ2) is 5.61. The van der Waals surface area contributed by atoms with Crippen LogP contribution < -0.4 is 11.1 Å². The van der Waals surface area contributed by atoms with E-state index in [1.807, 2.05) is 6.92 Å². The van der Waals surface area contributed by atoms with Crippen molar-refractivity contribution in [3.05, 3.63) is 53.3 Å². The molecule has 2 aromatic carbocycles. The maximum atomic E-state index is 13.6. The number of halogens is 1. The van der Waals surface area contributed by atoms with Gasteiger partial charge in [-0.2, -0.15) is 0 Å². The molecule has 0 aliphatic carbocycles.